The van der Waals surface area contributed by atoms with Crippen molar-refractivity contribution in [1.82, 2.24) is 19.7 Å². The first-order chi connectivity index (χ1) is 16.1. The molecule has 0 fully saturated rings. The summed E-state index contributed by atoms with van der Waals surface area (Å²) in [5.41, 5.74) is 3.85. The maximum atomic E-state index is 12.6. The molecule has 0 spiro atoms. The van der Waals surface area contributed by atoms with Crippen LogP contribution in [-0.2, 0) is 17.9 Å². The van der Waals surface area contributed by atoms with Crippen molar-refractivity contribution in [2.45, 2.75) is 32.2 Å². The van der Waals surface area contributed by atoms with Gasteiger partial charge in [0.25, 0.3) is 0 Å². The standard InChI is InChI=1S/C25H25N5O2S/c1-3-30-24(22-12-5-4-8-18(22)2)28-29-25(30)33-17-23(31)27-20-10-6-11-21(14-20)32-16-19-9-7-13-26-15-19/h4-15H,3,16-17H2,1-2H3,(H,27,31). The average molecular weight is 460 g/mol. The number of hydrogen-bond acceptors (Lipinski definition) is 6. The van der Waals surface area contributed by atoms with Crippen LogP contribution in [0.1, 0.15) is 18.1 Å². The summed E-state index contributed by atoms with van der Waals surface area (Å²) in [5, 5.41) is 12.3. The first kappa shape index (κ1) is 22.5. The number of hydrogen-bond donors (Lipinski definition) is 1. The van der Waals surface area contributed by atoms with E-state index in [0.29, 0.717) is 18.0 Å². The lowest BCUT2D eigenvalue weighted by Crippen LogP contribution is -2.14. The number of anilines is 1. The predicted molar refractivity (Wildman–Crippen MR) is 130 cm³/mol. The van der Waals surface area contributed by atoms with Gasteiger partial charge in [0, 0.05) is 41.8 Å². The van der Waals surface area contributed by atoms with Crippen LogP contribution in [0, 0.1) is 6.92 Å². The molecule has 0 atom stereocenters. The van der Waals surface area contributed by atoms with Gasteiger partial charge in [-0.15, -0.1) is 10.2 Å². The molecule has 1 N–H and O–H groups in total. The second-order valence-electron chi connectivity index (χ2n) is 7.38. The number of nitrogens with zero attached hydrogens (tertiary/aromatic N) is 4. The highest BCUT2D eigenvalue weighted by atomic mass is 32.2. The zero-order valence-electron chi connectivity index (χ0n) is 18.6. The molecule has 0 radical (unpaired) electrons. The van der Waals surface area contributed by atoms with Gasteiger partial charge in [-0.05, 0) is 37.6 Å². The number of thioether (sulfide) groups is 1. The Hall–Kier alpha value is -3.65. The van der Waals surface area contributed by atoms with Crippen LogP contribution in [0.3, 0.4) is 0 Å². The topological polar surface area (TPSA) is 81.9 Å². The molecular formula is C25H25N5O2S. The highest BCUT2D eigenvalue weighted by Crippen LogP contribution is 2.26. The molecule has 0 saturated heterocycles. The van der Waals surface area contributed by atoms with Crippen molar-refractivity contribution in [2.75, 3.05) is 11.1 Å². The van der Waals surface area contributed by atoms with Crippen LogP contribution >= 0.6 is 11.8 Å². The van der Waals surface area contributed by atoms with Gasteiger partial charge in [0.15, 0.2) is 11.0 Å². The summed E-state index contributed by atoms with van der Waals surface area (Å²) in [6, 6.07) is 19.3. The van der Waals surface area contributed by atoms with E-state index < -0.39 is 0 Å². The maximum Gasteiger partial charge on any atom is 0.234 e. The monoisotopic (exact) mass is 459 g/mol. The van der Waals surface area contributed by atoms with Gasteiger partial charge in [-0.25, -0.2) is 0 Å². The van der Waals surface area contributed by atoms with Gasteiger partial charge in [0.05, 0.1) is 5.75 Å². The Labute approximate surface area is 197 Å². The van der Waals surface area contributed by atoms with Crippen LogP contribution < -0.4 is 10.1 Å². The number of aryl methyl sites for hydroxylation is 1. The zero-order chi connectivity index (χ0) is 23.0. The van der Waals surface area contributed by atoms with Crippen molar-refractivity contribution < 1.29 is 9.53 Å². The molecule has 1 amide bonds. The number of pyridine rings is 1. The van der Waals surface area contributed by atoms with Crippen molar-refractivity contribution >= 4 is 23.4 Å². The third-order valence-corrected chi connectivity index (χ3v) is 5.96. The van der Waals surface area contributed by atoms with Crippen molar-refractivity contribution in [2.24, 2.45) is 0 Å². The average Bonchev–Trinajstić information content (AvgIpc) is 3.25. The number of carbonyl (C=O) groups is 1. The minimum atomic E-state index is -0.118. The van der Waals surface area contributed by atoms with Crippen LogP contribution in [0.15, 0.2) is 78.2 Å². The normalized spacial score (nSPS) is 10.7. The maximum absolute atomic E-state index is 12.6. The molecule has 2 aromatic carbocycles. The molecule has 0 saturated carbocycles. The lowest BCUT2D eigenvalue weighted by Gasteiger charge is -2.10. The second-order valence-corrected chi connectivity index (χ2v) is 8.32. The van der Waals surface area contributed by atoms with Gasteiger partial charge in [-0.3, -0.25) is 9.78 Å². The molecule has 0 aliphatic heterocycles. The van der Waals surface area contributed by atoms with E-state index in [1.807, 2.05) is 66.1 Å². The van der Waals surface area contributed by atoms with Gasteiger partial charge in [-0.2, -0.15) is 0 Å². The number of aromatic nitrogens is 4. The van der Waals surface area contributed by atoms with Gasteiger partial charge < -0.3 is 14.6 Å². The molecular weight excluding hydrogens is 434 g/mol. The Kier molecular flexibility index (Phi) is 7.36. The molecule has 0 aliphatic rings. The van der Waals surface area contributed by atoms with Gasteiger partial charge in [0.2, 0.25) is 5.91 Å². The highest BCUT2D eigenvalue weighted by molar-refractivity contribution is 7.99. The van der Waals surface area contributed by atoms with Gasteiger partial charge in [0.1, 0.15) is 12.4 Å². The van der Waals surface area contributed by atoms with Crippen LogP contribution in [-0.4, -0.2) is 31.4 Å². The summed E-state index contributed by atoms with van der Waals surface area (Å²) in [6.07, 6.45) is 3.49. The fourth-order valence-corrected chi connectivity index (χ4v) is 4.15. The highest BCUT2D eigenvalue weighted by Gasteiger charge is 2.16. The molecule has 0 aliphatic carbocycles. The summed E-state index contributed by atoms with van der Waals surface area (Å²) in [6.45, 7) is 5.24. The minimum Gasteiger partial charge on any atom is -0.489 e. The summed E-state index contributed by atoms with van der Waals surface area (Å²) in [4.78, 5) is 16.7. The van der Waals surface area contributed by atoms with E-state index in [4.69, 9.17) is 4.74 Å². The van der Waals surface area contributed by atoms with Gasteiger partial charge >= 0.3 is 0 Å². The van der Waals surface area contributed by atoms with Crippen LogP contribution in [0.25, 0.3) is 11.4 Å². The third-order valence-electron chi connectivity index (χ3n) is 5.00. The third kappa shape index (κ3) is 5.78. The van der Waals surface area contributed by atoms with Crippen LogP contribution in [0.2, 0.25) is 0 Å². The number of nitrogens with one attached hydrogen (secondary N) is 1. The van der Waals surface area contributed by atoms with Crippen molar-refractivity contribution in [1.29, 1.82) is 0 Å². The van der Waals surface area contributed by atoms with Crippen molar-refractivity contribution in [3.05, 3.63) is 84.2 Å². The Balaban J connectivity index is 1.36. The van der Waals surface area contributed by atoms with Crippen molar-refractivity contribution in [3.8, 4) is 17.1 Å². The number of amides is 1. The van der Waals surface area contributed by atoms with Crippen LogP contribution in [0.5, 0.6) is 5.75 Å². The fourth-order valence-electron chi connectivity index (χ4n) is 3.34. The number of rotatable bonds is 9. The fraction of sp³-hybridized carbons (Fsp3) is 0.200. The molecule has 0 unspecified atom stereocenters. The largest absolute Gasteiger partial charge is 0.489 e. The van der Waals surface area contributed by atoms with Gasteiger partial charge in [-0.1, -0.05) is 48.2 Å². The first-order valence-electron chi connectivity index (χ1n) is 10.7. The number of carbonyl (C=O) groups excluding carboxylic acids is 1. The van der Waals surface area contributed by atoms with E-state index in [0.717, 1.165) is 34.2 Å². The summed E-state index contributed by atoms with van der Waals surface area (Å²) >= 11 is 1.37. The van der Waals surface area contributed by atoms with E-state index >= 15 is 0 Å². The van der Waals surface area contributed by atoms with E-state index in [2.05, 4.69) is 33.5 Å². The summed E-state index contributed by atoms with van der Waals surface area (Å²) in [5.74, 6) is 1.61. The predicted octanol–water partition coefficient (Wildman–Crippen LogP) is 4.98. The zero-order valence-corrected chi connectivity index (χ0v) is 19.4. The molecule has 4 rings (SSSR count). The Bertz CT molecular complexity index is 1230. The summed E-state index contributed by atoms with van der Waals surface area (Å²) < 4.78 is 7.85. The smallest absolute Gasteiger partial charge is 0.234 e. The number of benzene rings is 2. The van der Waals surface area contributed by atoms with Crippen molar-refractivity contribution in [3.63, 3.8) is 0 Å². The lowest BCUT2D eigenvalue weighted by atomic mass is 10.1. The van der Waals surface area contributed by atoms with Crippen LogP contribution in [0.4, 0.5) is 5.69 Å². The second kappa shape index (κ2) is 10.8. The Morgan fingerprint density at radius 1 is 1.09 bits per heavy atom. The summed E-state index contributed by atoms with van der Waals surface area (Å²) in [7, 11) is 0. The molecule has 7 nitrogen and oxygen atoms in total. The Morgan fingerprint density at radius 2 is 1.97 bits per heavy atom. The minimum absolute atomic E-state index is 0.118. The van der Waals surface area contributed by atoms with E-state index in [9.17, 15) is 4.79 Å². The lowest BCUT2D eigenvalue weighted by molar-refractivity contribution is -0.113. The van der Waals surface area contributed by atoms with E-state index in [-0.39, 0.29) is 11.7 Å². The number of ether oxygens (including phenoxy) is 1. The Morgan fingerprint density at radius 3 is 2.76 bits per heavy atom. The SMILES string of the molecule is CCn1c(SCC(=O)Nc2cccc(OCc3cccnc3)c2)nnc1-c1ccccc1C. The molecule has 33 heavy (non-hydrogen) atoms. The molecule has 8 heteroatoms. The molecule has 2 aromatic heterocycles. The first-order valence-corrected chi connectivity index (χ1v) is 11.7. The van der Waals surface area contributed by atoms with E-state index in [1.165, 1.54) is 11.8 Å². The quantitative estimate of drug-likeness (QED) is 0.356. The molecule has 0 bridgehead atoms. The van der Waals surface area contributed by atoms with E-state index in [1.54, 1.807) is 12.4 Å². The molecule has 4 aromatic rings. The molecule has 2 heterocycles. The molecule has 168 valence electrons.